The summed E-state index contributed by atoms with van der Waals surface area (Å²) < 4.78 is 0. The molecule has 6 aromatic rings. The van der Waals surface area contributed by atoms with Crippen LogP contribution in [0.4, 0.5) is 0 Å². The Morgan fingerprint density at radius 3 is 0.925 bits per heavy atom. The van der Waals surface area contributed by atoms with Crippen LogP contribution in [0.1, 0.15) is 31.1 Å². The van der Waals surface area contributed by atoms with Gasteiger partial charge in [-0.15, -0.1) is 0 Å². The second-order valence-corrected chi connectivity index (χ2v) is 8.06. The third-order valence-electron chi connectivity index (χ3n) is 5.59. The van der Waals surface area contributed by atoms with E-state index in [1.165, 1.54) is 0 Å². The van der Waals surface area contributed by atoms with Crippen molar-refractivity contribution in [2.45, 2.75) is 0 Å². The molecule has 0 saturated carbocycles. The van der Waals surface area contributed by atoms with Gasteiger partial charge in [0.25, 0.3) is 0 Å². The average Bonchev–Trinajstić information content (AvgIpc) is 2.96. The Balaban J connectivity index is 0.000000163. The van der Waals surface area contributed by atoms with Crippen molar-refractivity contribution in [2.75, 3.05) is 0 Å². The Kier molecular flexibility index (Phi) is 10.1. The first-order chi connectivity index (χ1) is 18.9. The van der Waals surface area contributed by atoms with Gasteiger partial charge in [-0.05, 0) is 36.4 Å². The van der Waals surface area contributed by atoms with Crippen LogP contribution in [-0.4, -0.2) is 48.2 Å². The van der Waals surface area contributed by atoms with Crippen molar-refractivity contribution in [3.63, 3.8) is 0 Å². The molecule has 9 nitrogen and oxygen atoms in total. The van der Waals surface area contributed by atoms with Crippen LogP contribution in [0.2, 0.25) is 0 Å². The molecule has 3 aromatic carbocycles. The van der Waals surface area contributed by atoms with Gasteiger partial charge in [-0.25, -0.2) is 14.4 Å². The summed E-state index contributed by atoms with van der Waals surface area (Å²) in [4.78, 5) is 44.4. The molecular formula is C30H21N3O6Os. The Labute approximate surface area is 240 Å². The van der Waals surface area contributed by atoms with E-state index in [-0.39, 0.29) is 36.5 Å². The molecule has 3 N–H and O–H groups in total. The smallest absolute Gasteiger partial charge is 0.337 e. The van der Waals surface area contributed by atoms with Crippen molar-refractivity contribution >= 4 is 50.6 Å². The van der Waals surface area contributed by atoms with Crippen LogP contribution >= 0.6 is 0 Å². The van der Waals surface area contributed by atoms with Crippen molar-refractivity contribution in [1.82, 2.24) is 15.0 Å². The zero-order valence-corrected chi connectivity index (χ0v) is 23.2. The van der Waals surface area contributed by atoms with Crippen molar-refractivity contribution in [2.24, 2.45) is 0 Å². The van der Waals surface area contributed by atoms with E-state index in [1.807, 2.05) is 36.4 Å². The van der Waals surface area contributed by atoms with Crippen molar-refractivity contribution in [3.8, 4) is 0 Å². The van der Waals surface area contributed by atoms with Gasteiger partial charge in [-0.1, -0.05) is 54.6 Å². The van der Waals surface area contributed by atoms with E-state index in [9.17, 15) is 14.4 Å². The van der Waals surface area contributed by atoms with Gasteiger partial charge >= 0.3 is 17.9 Å². The van der Waals surface area contributed by atoms with Crippen LogP contribution in [0.3, 0.4) is 0 Å². The van der Waals surface area contributed by atoms with Crippen LogP contribution in [0.5, 0.6) is 0 Å². The molecule has 0 radical (unpaired) electrons. The van der Waals surface area contributed by atoms with Crippen LogP contribution in [0.25, 0.3) is 32.7 Å². The molecule has 0 fully saturated rings. The molecule has 0 spiro atoms. The van der Waals surface area contributed by atoms with Crippen molar-refractivity contribution < 1.29 is 49.5 Å². The number of fused-ring (bicyclic) bond motifs is 3. The second kappa shape index (κ2) is 13.6. The van der Waals surface area contributed by atoms with Crippen molar-refractivity contribution in [3.05, 3.63) is 126 Å². The minimum absolute atomic E-state index is 0. The Bertz CT molecular complexity index is 1600. The predicted molar refractivity (Wildman–Crippen MR) is 146 cm³/mol. The number of benzene rings is 3. The molecule has 200 valence electrons. The molecule has 0 aliphatic heterocycles. The maximum absolute atomic E-state index is 10.8. The van der Waals surface area contributed by atoms with E-state index < -0.39 is 17.9 Å². The van der Waals surface area contributed by atoms with Crippen molar-refractivity contribution in [1.29, 1.82) is 0 Å². The third kappa shape index (κ3) is 6.87. The summed E-state index contributed by atoms with van der Waals surface area (Å²) in [5.41, 5.74) is 2.36. The Hall–Kier alpha value is -5.06. The molecule has 0 amide bonds. The summed E-state index contributed by atoms with van der Waals surface area (Å²) in [5.74, 6) is -2.82. The van der Waals surface area contributed by atoms with Gasteiger partial charge in [-0.3, -0.25) is 15.0 Å². The number of aromatic carboxylic acids is 3. The molecule has 3 heterocycles. The van der Waals surface area contributed by atoms with Gasteiger partial charge in [0.2, 0.25) is 0 Å². The van der Waals surface area contributed by atoms with Gasteiger partial charge in [0, 0.05) is 54.5 Å². The number of carboxylic acids is 3. The number of carbonyl (C=O) groups is 3. The molecule has 0 unspecified atom stereocenters. The molecule has 0 atom stereocenters. The number of rotatable bonds is 3. The van der Waals surface area contributed by atoms with Gasteiger partial charge in [0.05, 0.1) is 33.2 Å². The topological polar surface area (TPSA) is 151 Å². The van der Waals surface area contributed by atoms with E-state index in [4.69, 9.17) is 15.3 Å². The maximum Gasteiger partial charge on any atom is 0.337 e. The molecule has 0 aliphatic rings. The van der Waals surface area contributed by atoms with E-state index in [1.54, 1.807) is 73.2 Å². The second-order valence-electron chi connectivity index (χ2n) is 8.06. The summed E-state index contributed by atoms with van der Waals surface area (Å²) in [6, 6.07) is 26.2. The summed E-state index contributed by atoms with van der Waals surface area (Å²) >= 11 is 0. The first-order valence-corrected chi connectivity index (χ1v) is 11.6. The predicted octanol–water partition coefficient (Wildman–Crippen LogP) is 5.80. The zero-order chi connectivity index (χ0) is 27.8. The van der Waals surface area contributed by atoms with Crippen LogP contribution in [0.15, 0.2) is 110 Å². The molecule has 0 bridgehead atoms. The van der Waals surface area contributed by atoms with E-state index in [2.05, 4.69) is 15.0 Å². The number of nitrogens with zero attached hydrogens (tertiary/aromatic N) is 3. The molecule has 6 rings (SSSR count). The number of aromatic nitrogens is 3. The van der Waals surface area contributed by atoms with Gasteiger partial charge in [0.1, 0.15) is 0 Å². The monoisotopic (exact) mass is 711 g/mol. The fourth-order valence-corrected chi connectivity index (χ4v) is 3.83. The maximum atomic E-state index is 10.8. The number of hydrogen-bond donors (Lipinski definition) is 3. The third-order valence-corrected chi connectivity index (χ3v) is 5.59. The Morgan fingerprint density at radius 1 is 0.425 bits per heavy atom. The normalized spacial score (nSPS) is 9.90. The number of carboxylic acid groups (broad SMARTS) is 3. The van der Waals surface area contributed by atoms with Gasteiger partial charge in [-0.2, -0.15) is 0 Å². The first-order valence-electron chi connectivity index (χ1n) is 11.6. The molecule has 10 heteroatoms. The number of hydrogen-bond acceptors (Lipinski definition) is 6. The zero-order valence-electron chi connectivity index (χ0n) is 20.7. The van der Waals surface area contributed by atoms with Crippen LogP contribution in [0, 0.1) is 0 Å². The summed E-state index contributed by atoms with van der Waals surface area (Å²) in [7, 11) is 0. The number of para-hydroxylation sites is 3. The van der Waals surface area contributed by atoms with E-state index >= 15 is 0 Å². The molecule has 0 saturated heterocycles. The van der Waals surface area contributed by atoms with Crippen LogP contribution < -0.4 is 0 Å². The number of pyridine rings is 3. The van der Waals surface area contributed by atoms with Gasteiger partial charge in [0.15, 0.2) is 0 Å². The molecule has 3 aromatic heterocycles. The minimum Gasteiger partial charge on any atom is -0.478 e. The standard InChI is InChI=1S/3C10H7NO2.Os/c3*12-10(13)8-5-1-3-7-4-2-6-11-9(7)8;/h3*1-6H,(H,12,13);. The fourth-order valence-electron chi connectivity index (χ4n) is 3.83. The summed E-state index contributed by atoms with van der Waals surface area (Å²) in [5, 5.41) is 29.1. The quantitative estimate of drug-likeness (QED) is 0.207. The summed E-state index contributed by atoms with van der Waals surface area (Å²) in [6.45, 7) is 0. The Morgan fingerprint density at radius 2 is 0.675 bits per heavy atom. The molecule has 40 heavy (non-hydrogen) atoms. The SMILES string of the molecule is O=C(O)c1cccc2cccnc12.O=C(O)c1cccc2cccnc12.O=C(O)c1cccc2cccnc12.[Os]. The molecule has 0 aliphatic carbocycles. The fraction of sp³-hybridized carbons (Fsp3) is 0. The average molecular weight is 710 g/mol. The minimum atomic E-state index is -0.940. The van der Waals surface area contributed by atoms with Crippen LogP contribution in [-0.2, 0) is 19.8 Å². The summed E-state index contributed by atoms with van der Waals surface area (Å²) in [6.07, 6.45) is 4.78. The largest absolute Gasteiger partial charge is 0.478 e. The first kappa shape index (κ1) is 29.5. The van der Waals surface area contributed by atoms with Gasteiger partial charge < -0.3 is 15.3 Å². The van der Waals surface area contributed by atoms with E-state index in [0.717, 1.165) is 16.2 Å². The van der Waals surface area contributed by atoms with E-state index in [0.29, 0.717) is 16.6 Å². The molecular weight excluding hydrogens is 689 g/mol.